The maximum Gasteiger partial charge on any atom is 0.191 e. The minimum absolute atomic E-state index is 0.404. The van der Waals surface area contributed by atoms with Gasteiger partial charge in [0.05, 0.1) is 6.10 Å². The van der Waals surface area contributed by atoms with E-state index in [0.29, 0.717) is 6.10 Å². The second kappa shape index (κ2) is 10.7. The average Bonchev–Trinajstić information content (AvgIpc) is 2.69. The van der Waals surface area contributed by atoms with Crippen LogP contribution in [0.15, 0.2) is 35.3 Å². The summed E-state index contributed by atoms with van der Waals surface area (Å²) in [6.45, 7) is 9.25. The van der Waals surface area contributed by atoms with E-state index in [-0.39, 0.29) is 0 Å². The van der Waals surface area contributed by atoms with Crippen molar-refractivity contribution in [3.63, 3.8) is 0 Å². The molecule has 2 aliphatic rings. The molecule has 2 N–H and O–H groups in total. The van der Waals surface area contributed by atoms with Crippen LogP contribution in [0.1, 0.15) is 44.6 Å². The largest absolute Gasteiger partial charge is 0.378 e. The van der Waals surface area contributed by atoms with Crippen molar-refractivity contribution in [2.75, 3.05) is 39.3 Å². The number of nitrogens with zero attached hydrogens (tertiary/aromatic N) is 3. The van der Waals surface area contributed by atoms with E-state index < -0.39 is 0 Å². The molecule has 5 nitrogen and oxygen atoms in total. The smallest absolute Gasteiger partial charge is 0.191 e. The first-order valence-corrected chi connectivity index (χ1v) is 10.6. The summed E-state index contributed by atoms with van der Waals surface area (Å²) >= 11 is 0. The number of benzene rings is 1. The molecular weight excluding hydrogens is 336 g/mol. The molecule has 1 unspecified atom stereocenters. The molecule has 0 aromatic heterocycles. The van der Waals surface area contributed by atoms with Crippen LogP contribution in [0.2, 0.25) is 0 Å². The van der Waals surface area contributed by atoms with E-state index in [2.05, 4.69) is 52.0 Å². The van der Waals surface area contributed by atoms with Crippen LogP contribution in [0.4, 0.5) is 0 Å². The van der Waals surface area contributed by atoms with Gasteiger partial charge in [-0.2, -0.15) is 0 Å². The summed E-state index contributed by atoms with van der Waals surface area (Å²) in [6.07, 6.45) is 6.15. The van der Waals surface area contributed by atoms with E-state index in [9.17, 15) is 0 Å². The fourth-order valence-electron chi connectivity index (χ4n) is 4.08. The Kier molecular flexibility index (Phi) is 7.96. The number of aliphatic imine (C=N–C) groups is 1. The molecule has 0 aliphatic carbocycles. The lowest BCUT2D eigenvalue weighted by molar-refractivity contribution is 0.00564. The maximum absolute atomic E-state index is 6.14. The predicted molar refractivity (Wildman–Crippen MR) is 112 cm³/mol. The second-order valence-corrected chi connectivity index (χ2v) is 8.12. The topological polar surface area (TPSA) is 54.1 Å². The monoisotopic (exact) mass is 372 g/mol. The van der Waals surface area contributed by atoms with Crippen LogP contribution in [0, 0.1) is 5.92 Å². The summed E-state index contributed by atoms with van der Waals surface area (Å²) in [5.41, 5.74) is 7.54. The number of hydrogen-bond donors (Lipinski definition) is 1. The molecule has 2 aliphatic heterocycles. The van der Waals surface area contributed by atoms with Crippen molar-refractivity contribution in [3.05, 3.63) is 35.9 Å². The lowest BCUT2D eigenvalue weighted by atomic mass is 10.0. The van der Waals surface area contributed by atoms with Gasteiger partial charge in [0.2, 0.25) is 0 Å². The van der Waals surface area contributed by atoms with E-state index in [0.717, 1.165) is 77.0 Å². The van der Waals surface area contributed by atoms with E-state index in [1.807, 2.05) is 0 Å². The molecule has 27 heavy (non-hydrogen) atoms. The van der Waals surface area contributed by atoms with Crippen molar-refractivity contribution >= 4 is 5.96 Å². The lowest BCUT2D eigenvalue weighted by Crippen LogP contribution is -2.43. The quantitative estimate of drug-likeness (QED) is 0.454. The number of likely N-dealkylation sites (tertiary alicyclic amines) is 2. The molecule has 3 rings (SSSR count). The SMILES string of the molecule is CC1CCCN(C(N)=NCCCOC2CCN(Cc3ccccc3)CC2)C1. The Labute approximate surface area is 164 Å². The number of guanidine groups is 1. The molecule has 1 aromatic rings. The minimum atomic E-state index is 0.404. The third kappa shape index (κ3) is 6.82. The number of rotatable bonds is 7. The Morgan fingerprint density at radius 2 is 1.93 bits per heavy atom. The van der Waals surface area contributed by atoms with Crippen molar-refractivity contribution in [2.45, 2.75) is 51.7 Å². The summed E-state index contributed by atoms with van der Waals surface area (Å²) in [4.78, 5) is 9.32. The van der Waals surface area contributed by atoms with Gasteiger partial charge in [0.15, 0.2) is 5.96 Å². The number of ether oxygens (including phenoxy) is 1. The molecule has 0 bridgehead atoms. The molecule has 0 saturated carbocycles. The van der Waals surface area contributed by atoms with E-state index in [1.54, 1.807) is 0 Å². The zero-order valence-corrected chi connectivity index (χ0v) is 16.9. The molecule has 0 radical (unpaired) electrons. The third-order valence-corrected chi connectivity index (χ3v) is 5.69. The van der Waals surface area contributed by atoms with Crippen molar-refractivity contribution in [1.82, 2.24) is 9.80 Å². The standard InChI is InChI=1S/C22H36N4O/c1-19-7-5-13-26(17-19)22(23)24-12-6-16-27-21-10-14-25(15-11-21)18-20-8-3-2-4-9-20/h2-4,8-9,19,21H,5-7,10-18H2,1H3,(H2,23,24). The molecule has 2 heterocycles. The summed E-state index contributed by atoms with van der Waals surface area (Å²) in [5, 5.41) is 0. The summed E-state index contributed by atoms with van der Waals surface area (Å²) in [5.74, 6) is 1.44. The zero-order valence-electron chi connectivity index (χ0n) is 16.9. The fraction of sp³-hybridized carbons (Fsp3) is 0.682. The maximum atomic E-state index is 6.14. The zero-order chi connectivity index (χ0) is 18.9. The first-order chi connectivity index (χ1) is 13.2. The predicted octanol–water partition coefficient (Wildman–Crippen LogP) is 3.10. The Morgan fingerprint density at radius 3 is 2.67 bits per heavy atom. The van der Waals surface area contributed by atoms with Crippen molar-refractivity contribution < 1.29 is 4.74 Å². The summed E-state index contributed by atoms with van der Waals surface area (Å²) in [6, 6.07) is 10.7. The van der Waals surface area contributed by atoms with E-state index in [4.69, 9.17) is 10.5 Å². The highest BCUT2D eigenvalue weighted by Gasteiger charge is 2.20. The van der Waals surface area contributed by atoms with Gasteiger partial charge in [-0.1, -0.05) is 37.3 Å². The fourth-order valence-corrected chi connectivity index (χ4v) is 4.08. The van der Waals surface area contributed by atoms with Gasteiger partial charge >= 0.3 is 0 Å². The van der Waals surface area contributed by atoms with Crippen molar-refractivity contribution in [3.8, 4) is 0 Å². The van der Waals surface area contributed by atoms with Crippen LogP contribution >= 0.6 is 0 Å². The van der Waals surface area contributed by atoms with Gasteiger partial charge in [0.25, 0.3) is 0 Å². The molecule has 1 aromatic carbocycles. The van der Waals surface area contributed by atoms with Crippen LogP contribution in [0.25, 0.3) is 0 Å². The number of nitrogens with two attached hydrogens (primary N) is 1. The summed E-state index contributed by atoms with van der Waals surface area (Å²) < 4.78 is 6.08. The van der Waals surface area contributed by atoms with Crippen LogP contribution in [-0.2, 0) is 11.3 Å². The van der Waals surface area contributed by atoms with Crippen LogP contribution in [-0.4, -0.2) is 61.2 Å². The highest BCUT2D eigenvalue weighted by molar-refractivity contribution is 5.78. The highest BCUT2D eigenvalue weighted by atomic mass is 16.5. The van der Waals surface area contributed by atoms with Gasteiger partial charge < -0.3 is 15.4 Å². The van der Waals surface area contributed by atoms with Crippen LogP contribution in [0.3, 0.4) is 0 Å². The lowest BCUT2D eigenvalue weighted by Gasteiger charge is -2.32. The number of hydrogen-bond acceptors (Lipinski definition) is 3. The van der Waals surface area contributed by atoms with E-state index >= 15 is 0 Å². The Bertz CT molecular complexity index is 569. The Morgan fingerprint density at radius 1 is 1.15 bits per heavy atom. The second-order valence-electron chi connectivity index (χ2n) is 8.12. The van der Waals surface area contributed by atoms with Gasteiger partial charge in [-0.05, 0) is 43.6 Å². The van der Waals surface area contributed by atoms with Crippen molar-refractivity contribution in [2.24, 2.45) is 16.6 Å². The molecule has 0 spiro atoms. The molecular formula is C22H36N4O. The minimum Gasteiger partial charge on any atom is -0.378 e. The number of piperidine rings is 2. The van der Waals surface area contributed by atoms with Gasteiger partial charge in [-0.25, -0.2) is 0 Å². The highest BCUT2D eigenvalue weighted by Crippen LogP contribution is 2.17. The van der Waals surface area contributed by atoms with Gasteiger partial charge in [0.1, 0.15) is 0 Å². The molecule has 150 valence electrons. The molecule has 2 fully saturated rings. The molecule has 1 atom stereocenters. The van der Waals surface area contributed by atoms with Crippen molar-refractivity contribution in [1.29, 1.82) is 0 Å². The normalized spacial score (nSPS) is 22.9. The molecule has 0 amide bonds. The molecule has 5 heteroatoms. The van der Waals surface area contributed by atoms with E-state index in [1.165, 1.54) is 18.4 Å². The first-order valence-electron chi connectivity index (χ1n) is 10.6. The Balaban J connectivity index is 1.26. The Hall–Kier alpha value is -1.59. The van der Waals surface area contributed by atoms with Gasteiger partial charge in [0, 0.05) is 45.9 Å². The van der Waals surface area contributed by atoms with Crippen LogP contribution < -0.4 is 5.73 Å². The average molecular weight is 373 g/mol. The first kappa shape index (κ1) is 20.2. The van der Waals surface area contributed by atoms with Gasteiger partial charge in [-0.15, -0.1) is 0 Å². The summed E-state index contributed by atoms with van der Waals surface area (Å²) in [7, 11) is 0. The third-order valence-electron chi connectivity index (χ3n) is 5.69. The molecule has 2 saturated heterocycles. The van der Waals surface area contributed by atoms with Gasteiger partial charge in [-0.3, -0.25) is 9.89 Å². The van der Waals surface area contributed by atoms with Crippen LogP contribution in [0.5, 0.6) is 0 Å².